The zero-order valence-corrected chi connectivity index (χ0v) is 16.5. The Bertz CT molecular complexity index is 946. The molecule has 1 aliphatic heterocycles. The second-order valence-electron chi connectivity index (χ2n) is 7.69. The molecule has 28 heavy (non-hydrogen) atoms. The van der Waals surface area contributed by atoms with Gasteiger partial charge in [0.05, 0.1) is 18.0 Å². The van der Waals surface area contributed by atoms with E-state index in [-0.39, 0.29) is 23.4 Å². The zero-order valence-electron chi connectivity index (χ0n) is 15.7. The Balaban J connectivity index is 1.68. The predicted octanol–water partition coefficient (Wildman–Crippen LogP) is 3.85. The third kappa shape index (κ3) is 4.15. The lowest BCUT2D eigenvalue weighted by Crippen LogP contribution is -2.56. The van der Waals surface area contributed by atoms with E-state index in [4.69, 9.17) is 4.74 Å². The molecule has 0 spiro atoms. The lowest BCUT2D eigenvalue weighted by Gasteiger charge is -2.37. The highest BCUT2D eigenvalue weighted by Gasteiger charge is 2.41. The van der Waals surface area contributed by atoms with Crippen LogP contribution in [0, 0.1) is 0 Å². The van der Waals surface area contributed by atoms with Crippen molar-refractivity contribution in [1.82, 2.24) is 9.29 Å². The molecule has 1 saturated heterocycles. The van der Waals surface area contributed by atoms with Crippen molar-refractivity contribution in [2.75, 3.05) is 13.1 Å². The molecule has 9 heteroatoms. The third-order valence-electron chi connectivity index (χ3n) is 4.53. The number of pyridine rings is 1. The smallest absolute Gasteiger partial charge is 0.421 e. The number of ether oxygens (including phenoxy) is 1. The molecule has 0 aliphatic carbocycles. The average molecular weight is 414 g/mol. The normalized spacial score (nSPS) is 16.6. The molecule has 0 amide bonds. The summed E-state index contributed by atoms with van der Waals surface area (Å²) in [6, 6.07) is 8.68. The molecule has 0 unspecified atom stereocenters. The molecule has 2 aromatic rings. The summed E-state index contributed by atoms with van der Waals surface area (Å²) in [5.41, 5.74) is -0.0724. The van der Waals surface area contributed by atoms with E-state index < -0.39 is 33.7 Å². The number of nitrogens with zero attached hydrogens (tertiary/aromatic N) is 2. The van der Waals surface area contributed by atoms with Crippen molar-refractivity contribution in [3.8, 4) is 5.88 Å². The standard InChI is InChI=1S/C19H21F3N2O3S/c1-18(2,3)13-6-8-15(9-7-13)28(25,26)24-11-14(12-24)27-17-16(19(20,21)22)5-4-10-23-17/h4-10,14H,11-12H2,1-3H3. The first-order valence-corrected chi connectivity index (χ1v) is 10.1. The second-order valence-corrected chi connectivity index (χ2v) is 9.63. The van der Waals surface area contributed by atoms with Gasteiger partial charge in [-0.05, 0) is 35.2 Å². The molecule has 0 saturated carbocycles. The minimum Gasteiger partial charge on any atom is -0.471 e. The lowest BCUT2D eigenvalue weighted by molar-refractivity contribution is -0.140. The molecule has 5 nitrogen and oxygen atoms in total. The van der Waals surface area contributed by atoms with Crippen LogP contribution in [0.2, 0.25) is 0 Å². The van der Waals surface area contributed by atoms with Crippen LogP contribution in [0.4, 0.5) is 13.2 Å². The van der Waals surface area contributed by atoms with E-state index in [2.05, 4.69) is 4.98 Å². The summed E-state index contributed by atoms with van der Waals surface area (Å²) in [5.74, 6) is -0.536. The van der Waals surface area contributed by atoms with E-state index in [1.165, 1.54) is 16.6 Å². The van der Waals surface area contributed by atoms with Gasteiger partial charge in [0.2, 0.25) is 15.9 Å². The molecule has 1 aliphatic rings. The fourth-order valence-corrected chi connectivity index (χ4v) is 4.31. The van der Waals surface area contributed by atoms with Gasteiger partial charge in [0.1, 0.15) is 11.7 Å². The number of benzene rings is 1. The van der Waals surface area contributed by atoms with Gasteiger partial charge in [-0.3, -0.25) is 0 Å². The SMILES string of the molecule is CC(C)(C)c1ccc(S(=O)(=O)N2CC(Oc3ncccc3C(F)(F)F)C2)cc1. The van der Waals surface area contributed by atoms with Crippen LogP contribution in [0.5, 0.6) is 5.88 Å². The Labute approximate surface area is 162 Å². The Hall–Kier alpha value is -2.13. The topological polar surface area (TPSA) is 59.5 Å². The van der Waals surface area contributed by atoms with Crippen LogP contribution in [0.15, 0.2) is 47.5 Å². The van der Waals surface area contributed by atoms with Crippen molar-refractivity contribution < 1.29 is 26.3 Å². The van der Waals surface area contributed by atoms with Crippen LogP contribution in [0.25, 0.3) is 0 Å². The molecule has 2 heterocycles. The van der Waals surface area contributed by atoms with Gasteiger partial charge in [-0.15, -0.1) is 0 Å². The number of alkyl halides is 3. The maximum absolute atomic E-state index is 13.0. The maximum Gasteiger partial charge on any atom is 0.421 e. The van der Waals surface area contributed by atoms with Crippen molar-refractivity contribution in [1.29, 1.82) is 0 Å². The van der Waals surface area contributed by atoms with Gasteiger partial charge < -0.3 is 4.74 Å². The first-order valence-electron chi connectivity index (χ1n) is 8.68. The summed E-state index contributed by atoms with van der Waals surface area (Å²) in [7, 11) is -3.72. The second kappa shape index (κ2) is 7.04. The predicted molar refractivity (Wildman–Crippen MR) is 97.6 cm³/mol. The van der Waals surface area contributed by atoms with Crippen LogP contribution in [0.3, 0.4) is 0 Å². The summed E-state index contributed by atoms with van der Waals surface area (Å²) in [4.78, 5) is 3.78. The van der Waals surface area contributed by atoms with Crippen LogP contribution in [-0.4, -0.2) is 36.9 Å². The van der Waals surface area contributed by atoms with Crippen molar-refractivity contribution >= 4 is 10.0 Å². The van der Waals surface area contributed by atoms with Crippen LogP contribution >= 0.6 is 0 Å². The summed E-state index contributed by atoms with van der Waals surface area (Å²) in [6.45, 7) is 6.02. The fourth-order valence-electron chi connectivity index (χ4n) is 2.81. The molecule has 0 atom stereocenters. The van der Waals surface area contributed by atoms with Crippen molar-refractivity contribution in [2.45, 2.75) is 43.4 Å². The lowest BCUT2D eigenvalue weighted by atomic mass is 9.87. The molecule has 0 N–H and O–H groups in total. The van der Waals surface area contributed by atoms with E-state index in [0.29, 0.717) is 0 Å². The first-order chi connectivity index (χ1) is 12.9. The van der Waals surface area contributed by atoms with Gasteiger partial charge in [0, 0.05) is 6.20 Å². The van der Waals surface area contributed by atoms with Gasteiger partial charge in [-0.2, -0.15) is 17.5 Å². The molecule has 0 bridgehead atoms. The Morgan fingerprint density at radius 3 is 2.21 bits per heavy atom. The number of sulfonamides is 1. The molecule has 1 aromatic carbocycles. The van der Waals surface area contributed by atoms with Crippen molar-refractivity contribution in [2.24, 2.45) is 0 Å². The molecular weight excluding hydrogens is 393 g/mol. The van der Waals surface area contributed by atoms with E-state index in [9.17, 15) is 21.6 Å². The third-order valence-corrected chi connectivity index (χ3v) is 6.37. The van der Waals surface area contributed by atoms with Gasteiger partial charge in [0.15, 0.2) is 0 Å². The first kappa shape index (κ1) is 20.6. The number of hydrogen-bond acceptors (Lipinski definition) is 4. The maximum atomic E-state index is 13.0. The van der Waals surface area contributed by atoms with E-state index >= 15 is 0 Å². The number of halogens is 3. The highest BCUT2D eigenvalue weighted by Crippen LogP contribution is 2.36. The Morgan fingerprint density at radius 2 is 1.68 bits per heavy atom. The number of hydrogen-bond donors (Lipinski definition) is 0. The van der Waals surface area contributed by atoms with Gasteiger partial charge >= 0.3 is 6.18 Å². The number of rotatable bonds is 4. The minimum absolute atomic E-state index is 0.0305. The van der Waals surface area contributed by atoms with Crippen molar-refractivity contribution in [3.05, 3.63) is 53.7 Å². The molecule has 1 fully saturated rings. The quantitative estimate of drug-likeness (QED) is 0.763. The summed E-state index contributed by atoms with van der Waals surface area (Å²) < 4.78 is 70.8. The van der Waals surface area contributed by atoms with Crippen molar-refractivity contribution in [3.63, 3.8) is 0 Å². The van der Waals surface area contributed by atoms with E-state index in [1.54, 1.807) is 24.3 Å². The van der Waals surface area contributed by atoms with Gasteiger partial charge in [-0.1, -0.05) is 32.9 Å². The van der Waals surface area contributed by atoms with E-state index in [0.717, 1.165) is 11.6 Å². The largest absolute Gasteiger partial charge is 0.471 e. The number of aromatic nitrogens is 1. The zero-order chi connectivity index (χ0) is 20.7. The molecule has 1 aromatic heterocycles. The van der Waals surface area contributed by atoms with E-state index in [1.807, 2.05) is 20.8 Å². The fraction of sp³-hybridized carbons (Fsp3) is 0.421. The molecule has 3 rings (SSSR count). The van der Waals surface area contributed by atoms with Crippen LogP contribution in [-0.2, 0) is 21.6 Å². The molecule has 152 valence electrons. The summed E-state index contributed by atoms with van der Waals surface area (Å²) in [5, 5.41) is 0. The minimum atomic E-state index is -4.59. The summed E-state index contributed by atoms with van der Waals surface area (Å²) >= 11 is 0. The molecule has 0 radical (unpaired) electrons. The highest BCUT2D eigenvalue weighted by molar-refractivity contribution is 7.89. The van der Waals surface area contributed by atoms with Crippen LogP contribution in [0.1, 0.15) is 31.9 Å². The highest BCUT2D eigenvalue weighted by atomic mass is 32.2. The van der Waals surface area contributed by atoms with Gasteiger partial charge in [-0.25, -0.2) is 13.4 Å². The Morgan fingerprint density at radius 1 is 1.07 bits per heavy atom. The monoisotopic (exact) mass is 414 g/mol. The van der Waals surface area contributed by atoms with Crippen LogP contribution < -0.4 is 4.74 Å². The molecular formula is C19H21F3N2O3S. The Kier molecular flexibility index (Phi) is 5.18. The average Bonchev–Trinajstić information content (AvgIpc) is 2.56. The van der Waals surface area contributed by atoms with Gasteiger partial charge in [0.25, 0.3) is 0 Å². The summed E-state index contributed by atoms with van der Waals surface area (Å²) in [6.07, 6.45) is -4.07.